The quantitative estimate of drug-likeness (QED) is 0.718. The third-order valence-electron chi connectivity index (χ3n) is 1.88. The Hall–Kier alpha value is -1.69. The van der Waals surface area contributed by atoms with Crippen molar-refractivity contribution in [3.8, 4) is 0 Å². The lowest BCUT2D eigenvalue weighted by Gasteiger charge is -2.08. The van der Waals surface area contributed by atoms with Crippen LogP contribution in [0.4, 0.5) is 5.82 Å². The van der Waals surface area contributed by atoms with Crippen LogP contribution in [0.2, 0.25) is 0 Å². The summed E-state index contributed by atoms with van der Waals surface area (Å²) < 4.78 is 0. The lowest BCUT2D eigenvalue weighted by molar-refractivity contribution is 0.0697. The number of aromatic carboxylic acids is 1. The lowest BCUT2D eigenvalue weighted by atomic mass is 10.3. The number of likely N-dealkylation sites (N-methyl/N-ethyl adjacent to an activating group) is 1. The molecule has 0 spiro atoms. The number of nitrogen functional groups attached to an aromatic ring is 1. The van der Waals surface area contributed by atoms with Gasteiger partial charge in [0.1, 0.15) is 17.2 Å². The molecule has 0 bridgehead atoms. The second kappa shape index (κ2) is 4.70. The maximum absolute atomic E-state index is 10.6. The summed E-state index contributed by atoms with van der Waals surface area (Å²) in [5, 5.41) is 8.71. The van der Waals surface area contributed by atoms with Crippen molar-refractivity contribution in [2.45, 2.75) is 6.42 Å². The Balaban J connectivity index is 2.78. The fraction of sp³-hybridized carbons (Fsp3) is 0.444. The van der Waals surface area contributed by atoms with Crippen LogP contribution in [0.3, 0.4) is 0 Å². The van der Waals surface area contributed by atoms with Gasteiger partial charge in [0.05, 0.1) is 0 Å². The van der Waals surface area contributed by atoms with Crippen molar-refractivity contribution in [2.24, 2.45) is 0 Å². The Labute approximate surface area is 87.8 Å². The van der Waals surface area contributed by atoms with Crippen molar-refractivity contribution in [3.05, 3.63) is 17.6 Å². The zero-order chi connectivity index (χ0) is 11.4. The van der Waals surface area contributed by atoms with E-state index in [9.17, 15) is 4.79 Å². The topological polar surface area (TPSA) is 92.3 Å². The molecule has 0 aliphatic heterocycles. The van der Waals surface area contributed by atoms with E-state index in [2.05, 4.69) is 9.97 Å². The van der Waals surface area contributed by atoms with Gasteiger partial charge in [0.25, 0.3) is 0 Å². The molecule has 1 aromatic heterocycles. The smallest absolute Gasteiger partial charge is 0.341 e. The Bertz CT molecular complexity index is 365. The zero-order valence-electron chi connectivity index (χ0n) is 8.77. The van der Waals surface area contributed by atoms with Crippen LogP contribution in [-0.4, -0.2) is 46.6 Å². The molecule has 0 radical (unpaired) electrons. The van der Waals surface area contributed by atoms with Gasteiger partial charge in [-0.25, -0.2) is 14.8 Å². The molecule has 0 aliphatic rings. The molecule has 0 aromatic carbocycles. The van der Waals surface area contributed by atoms with Gasteiger partial charge in [-0.3, -0.25) is 0 Å². The first-order valence-corrected chi connectivity index (χ1v) is 4.50. The molecule has 0 atom stereocenters. The number of nitrogens with zero attached hydrogens (tertiary/aromatic N) is 3. The van der Waals surface area contributed by atoms with Crippen molar-refractivity contribution in [1.29, 1.82) is 0 Å². The van der Waals surface area contributed by atoms with Gasteiger partial charge in [0, 0.05) is 19.2 Å². The first kappa shape index (κ1) is 11.4. The summed E-state index contributed by atoms with van der Waals surface area (Å²) in [6.45, 7) is 0.797. The van der Waals surface area contributed by atoms with E-state index in [-0.39, 0.29) is 11.4 Å². The van der Waals surface area contributed by atoms with E-state index < -0.39 is 5.97 Å². The molecule has 0 saturated carbocycles. The van der Waals surface area contributed by atoms with Crippen molar-refractivity contribution < 1.29 is 9.90 Å². The summed E-state index contributed by atoms with van der Waals surface area (Å²) >= 11 is 0. The summed E-state index contributed by atoms with van der Waals surface area (Å²) in [6, 6.07) is 0. The number of carboxylic acid groups (broad SMARTS) is 1. The molecule has 0 saturated heterocycles. The number of hydrogen-bond donors (Lipinski definition) is 2. The maximum atomic E-state index is 10.6. The van der Waals surface area contributed by atoms with Crippen LogP contribution in [0.5, 0.6) is 0 Å². The van der Waals surface area contributed by atoms with Gasteiger partial charge in [-0.05, 0) is 14.1 Å². The first-order chi connectivity index (χ1) is 7.00. The molecule has 1 heterocycles. The van der Waals surface area contributed by atoms with Gasteiger partial charge in [0.15, 0.2) is 0 Å². The summed E-state index contributed by atoms with van der Waals surface area (Å²) in [5.41, 5.74) is 5.43. The molecule has 6 heteroatoms. The average Bonchev–Trinajstić information content (AvgIpc) is 2.14. The summed E-state index contributed by atoms with van der Waals surface area (Å²) in [5.74, 6) is -0.524. The highest BCUT2D eigenvalue weighted by molar-refractivity contribution is 5.92. The number of carboxylic acids is 1. The van der Waals surface area contributed by atoms with Gasteiger partial charge in [0.2, 0.25) is 0 Å². The van der Waals surface area contributed by atoms with E-state index in [1.165, 1.54) is 6.20 Å². The van der Waals surface area contributed by atoms with Gasteiger partial charge < -0.3 is 15.7 Å². The Morgan fingerprint density at radius 3 is 2.73 bits per heavy atom. The summed E-state index contributed by atoms with van der Waals surface area (Å²) in [6.07, 6.45) is 1.90. The number of nitrogens with two attached hydrogens (primary N) is 1. The van der Waals surface area contributed by atoms with Gasteiger partial charge in [-0.2, -0.15) is 0 Å². The van der Waals surface area contributed by atoms with Crippen LogP contribution >= 0.6 is 0 Å². The average molecular weight is 210 g/mol. The van der Waals surface area contributed by atoms with Gasteiger partial charge in [-0.1, -0.05) is 0 Å². The number of rotatable bonds is 4. The van der Waals surface area contributed by atoms with Crippen molar-refractivity contribution in [2.75, 3.05) is 26.4 Å². The predicted octanol–water partition coefficient (Wildman–Crippen LogP) is -0.139. The van der Waals surface area contributed by atoms with E-state index >= 15 is 0 Å². The summed E-state index contributed by atoms with van der Waals surface area (Å²) in [4.78, 5) is 20.5. The van der Waals surface area contributed by atoms with Crippen LogP contribution in [0.15, 0.2) is 6.20 Å². The van der Waals surface area contributed by atoms with Gasteiger partial charge >= 0.3 is 5.97 Å². The number of hydrogen-bond acceptors (Lipinski definition) is 5. The second-order valence-corrected chi connectivity index (χ2v) is 3.44. The van der Waals surface area contributed by atoms with E-state index in [0.29, 0.717) is 12.2 Å². The molecule has 0 fully saturated rings. The monoisotopic (exact) mass is 210 g/mol. The first-order valence-electron chi connectivity index (χ1n) is 4.50. The normalized spacial score (nSPS) is 10.6. The van der Waals surface area contributed by atoms with Crippen LogP contribution in [-0.2, 0) is 6.42 Å². The van der Waals surface area contributed by atoms with Crippen LogP contribution < -0.4 is 5.73 Å². The van der Waals surface area contributed by atoms with E-state index in [0.717, 1.165) is 6.54 Å². The van der Waals surface area contributed by atoms with Crippen molar-refractivity contribution in [1.82, 2.24) is 14.9 Å². The highest BCUT2D eigenvalue weighted by Crippen LogP contribution is 2.07. The lowest BCUT2D eigenvalue weighted by Crippen LogP contribution is -2.17. The van der Waals surface area contributed by atoms with Crippen LogP contribution in [0.25, 0.3) is 0 Å². The fourth-order valence-electron chi connectivity index (χ4n) is 1.04. The predicted molar refractivity (Wildman–Crippen MR) is 55.7 cm³/mol. The molecule has 1 aromatic rings. The molecule has 1 rings (SSSR count). The second-order valence-electron chi connectivity index (χ2n) is 3.44. The molecule has 6 nitrogen and oxygen atoms in total. The Kier molecular flexibility index (Phi) is 3.56. The molecule has 0 amide bonds. The molecular weight excluding hydrogens is 196 g/mol. The third kappa shape index (κ3) is 3.17. The minimum atomic E-state index is -1.10. The highest BCUT2D eigenvalue weighted by atomic mass is 16.4. The largest absolute Gasteiger partial charge is 0.477 e. The SMILES string of the molecule is CN(C)CCc1ncc(C(=O)O)c(N)n1. The Morgan fingerprint density at radius 1 is 1.60 bits per heavy atom. The Morgan fingerprint density at radius 2 is 2.27 bits per heavy atom. The van der Waals surface area contributed by atoms with Crippen molar-refractivity contribution in [3.63, 3.8) is 0 Å². The van der Waals surface area contributed by atoms with Crippen LogP contribution in [0, 0.1) is 0 Å². The van der Waals surface area contributed by atoms with E-state index in [4.69, 9.17) is 10.8 Å². The third-order valence-corrected chi connectivity index (χ3v) is 1.88. The zero-order valence-corrected chi connectivity index (χ0v) is 8.77. The maximum Gasteiger partial charge on any atom is 0.341 e. The standard InChI is InChI=1S/C9H14N4O2/c1-13(2)4-3-7-11-5-6(9(14)15)8(10)12-7/h5H,3-4H2,1-2H3,(H,14,15)(H2,10,11,12). The molecular formula is C9H14N4O2. The van der Waals surface area contributed by atoms with E-state index in [1.54, 1.807) is 0 Å². The number of anilines is 1. The highest BCUT2D eigenvalue weighted by Gasteiger charge is 2.10. The molecule has 0 aliphatic carbocycles. The summed E-state index contributed by atoms with van der Waals surface area (Å²) in [7, 11) is 3.88. The molecule has 82 valence electrons. The fourth-order valence-corrected chi connectivity index (χ4v) is 1.04. The van der Waals surface area contributed by atoms with E-state index in [1.807, 2.05) is 19.0 Å². The van der Waals surface area contributed by atoms with Crippen molar-refractivity contribution >= 4 is 11.8 Å². The van der Waals surface area contributed by atoms with Gasteiger partial charge in [-0.15, -0.1) is 0 Å². The molecule has 3 N–H and O–H groups in total. The van der Waals surface area contributed by atoms with Crippen LogP contribution in [0.1, 0.15) is 16.2 Å². The number of carbonyl (C=O) groups is 1. The number of aromatic nitrogens is 2. The molecule has 0 unspecified atom stereocenters. The minimum absolute atomic E-state index is 0.0197. The minimum Gasteiger partial charge on any atom is -0.477 e. The molecule has 15 heavy (non-hydrogen) atoms.